The molecule has 6 nitrogen and oxygen atoms in total. The van der Waals surface area contributed by atoms with Crippen molar-refractivity contribution in [3.63, 3.8) is 0 Å². The minimum atomic E-state index is -1.26. The number of hydrogen-bond acceptors (Lipinski definition) is 3. The Morgan fingerprint density at radius 2 is 1.88 bits per heavy atom. The molecule has 1 heterocycles. The number of halogens is 2. The van der Waals surface area contributed by atoms with Crippen molar-refractivity contribution in [1.82, 2.24) is 4.57 Å². The lowest BCUT2D eigenvalue weighted by Gasteiger charge is -2.08. The van der Waals surface area contributed by atoms with Crippen LogP contribution < -0.4 is 5.73 Å². The van der Waals surface area contributed by atoms with Crippen molar-refractivity contribution in [3.05, 3.63) is 46.9 Å². The lowest BCUT2D eigenvalue weighted by molar-refractivity contribution is -0.134. The Labute approximate surface area is 149 Å². The standard InChI is InChI=1S/C13H16ClFN2.C4H4O4/c1-3-9-7-17(6-8(2)16)13-5-11(14)12(15)4-10(9)13;5-3(6)1-2-4(7)8/h4-5,7-8H,3,6,16H2,1-2H3;1-2H,(H,5,6)(H,7,8)/t8-;/m0./s1. The van der Waals surface area contributed by atoms with Crippen LogP contribution in [0.5, 0.6) is 0 Å². The minimum Gasteiger partial charge on any atom is -0.478 e. The summed E-state index contributed by atoms with van der Waals surface area (Å²) < 4.78 is 15.5. The highest BCUT2D eigenvalue weighted by molar-refractivity contribution is 6.31. The number of carboxylic acid groups (broad SMARTS) is 2. The van der Waals surface area contributed by atoms with Crippen LogP contribution in [0.2, 0.25) is 5.02 Å². The molecule has 8 heteroatoms. The van der Waals surface area contributed by atoms with Crippen LogP contribution in [0.1, 0.15) is 19.4 Å². The number of nitrogens with zero attached hydrogens (tertiary/aromatic N) is 1. The van der Waals surface area contributed by atoms with Crippen LogP contribution >= 0.6 is 11.6 Å². The molecule has 0 aliphatic heterocycles. The van der Waals surface area contributed by atoms with Crippen LogP contribution in [0.25, 0.3) is 10.9 Å². The van der Waals surface area contributed by atoms with Gasteiger partial charge < -0.3 is 20.5 Å². The first-order valence-corrected chi connectivity index (χ1v) is 7.89. The monoisotopic (exact) mass is 370 g/mol. The SMILES string of the molecule is CCc1cn(C[C@H](C)N)c2cc(Cl)c(F)cc12.O=C(O)C=CC(=O)O. The number of rotatable bonds is 5. The van der Waals surface area contributed by atoms with Crippen molar-refractivity contribution in [2.24, 2.45) is 5.73 Å². The van der Waals surface area contributed by atoms with Gasteiger partial charge in [0, 0.05) is 36.3 Å². The molecular formula is C17H20ClFN2O4. The fraction of sp³-hybridized carbons (Fsp3) is 0.294. The Morgan fingerprint density at radius 1 is 1.32 bits per heavy atom. The van der Waals surface area contributed by atoms with E-state index in [-0.39, 0.29) is 16.9 Å². The number of aromatic nitrogens is 1. The van der Waals surface area contributed by atoms with Gasteiger partial charge in [0.1, 0.15) is 5.82 Å². The van der Waals surface area contributed by atoms with Gasteiger partial charge in [-0.05, 0) is 31.0 Å². The Balaban J connectivity index is 0.000000333. The Morgan fingerprint density at radius 3 is 2.32 bits per heavy atom. The molecule has 0 saturated heterocycles. The Kier molecular flexibility index (Phi) is 7.60. The van der Waals surface area contributed by atoms with Gasteiger partial charge in [-0.1, -0.05) is 18.5 Å². The molecule has 0 spiro atoms. The first kappa shape index (κ1) is 20.7. The van der Waals surface area contributed by atoms with Gasteiger partial charge >= 0.3 is 11.9 Å². The summed E-state index contributed by atoms with van der Waals surface area (Å²) in [4.78, 5) is 19.1. The van der Waals surface area contributed by atoms with Crippen molar-refractivity contribution in [2.45, 2.75) is 32.9 Å². The molecule has 25 heavy (non-hydrogen) atoms. The molecule has 2 rings (SSSR count). The van der Waals surface area contributed by atoms with E-state index in [1.54, 1.807) is 6.07 Å². The van der Waals surface area contributed by atoms with Gasteiger partial charge in [-0.25, -0.2) is 14.0 Å². The summed E-state index contributed by atoms with van der Waals surface area (Å²) >= 11 is 5.83. The third kappa shape index (κ3) is 6.21. The largest absolute Gasteiger partial charge is 0.478 e. The van der Waals surface area contributed by atoms with Crippen LogP contribution in [0.4, 0.5) is 4.39 Å². The van der Waals surface area contributed by atoms with Gasteiger partial charge in [0.05, 0.1) is 10.5 Å². The summed E-state index contributed by atoms with van der Waals surface area (Å²) in [7, 11) is 0. The van der Waals surface area contributed by atoms with Crippen molar-refractivity contribution in [2.75, 3.05) is 0 Å². The van der Waals surface area contributed by atoms with Crippen molar-refractivity contribution < 1.29 is 24.2 Å². The number of benzene rings is 1. The Hall–Kier alpha value is -2.38. The van der Waals surface area contributed by atoms with E-state index in [1.165, 1.54) is 6.07 Å². The molecule has 1 atom stereocenters. The van der Waals surface area contributed by atoms with Gasteiger partial charge in [-0.15, -0.1) is 0 Å². The Bertz CT molecular complexity index is 784. The first-order valence-electron chi connectivity index (χ1n) is 7.52. The molecule has 4 N–H and O–H groups in total. The fourth-order valence-electron chi connectivity index (χ4n) is 2.24. The zero-order valence-electron chi connectivity index (χ0n) is 13.9. The highest BCUT2D eigenvalue weighted by atomic mass is 35.5. The molecule has 0 aliphatic rings. The average Bonchev–Trinajstić information content (AvgIpc) is 2.83. The molecule has 0 amide bonds. The second-order valence-corrected chi connectivity index (χ2v) is 5.84. The first-order chi connectivity index (χ1) is 11.6. The van der Waals surface area contributed by atoms with E-state index in [1.807, 2.05) is 17.7 Å². The molecule has 0 saturated carbocycles. The third-order valence-electron chi connectivity index (χ3n) is 3.24. The number of hydrogen-bond donors (Lipinski definition) is 3. The molecule has 0 fully saturated rings. The fourth-order valence-corrected chi connectivity index (χ4v) is 2.40. The number of carboxylic acids is 2. The molecule has 1 aromatic carbocycles. The summed E-state index contributed by atoms with van der Waals surface area (Å²) in [5, 5.41) is 16.7. The lowest BCUT2D eigenvalue weighted by Crippen LogP contribution is -2.21. The van der Waals surface area contributed by atoms with Gasteiger partial charge in [0.2, 0.25) is 0 Å². The maximum Gasteiger partial charge on any atom is 0.328 e. The molecular weight excluding hydrogens is 351 g/mol. The third-order valence-corrected chi connectivity index (χ3v) is 3.53. The molecule has 0 aliphatic carbocycles. The maximum absolute atomic E-state index is 13.5. The van der Waals surface area contributed by atoms with Gasteiger partial charge in [0.15, 0.2) is 0 Å². The smallest absolute Gasteiger partial charge is 0.328 e. The van der Waals surface area contributed by atoms with E-state index < -0.39 is 11.9 Å². The van der Waals surface area contributed by atoms with E-state index in [9.17, 15) is 14.0 Å². The van der Waals surface area contributed by atoms with Crippen molar-refractivity contribution in [1.29, 1.82) is 0 Å². The van der Waals surface area contributed by atoms with Gasteiger partial charge in [-0.3, -0.25) is 0 Å². The summed E-state index contributed by atoms with van der Waals surface area (Å²) in [5.41, 5.74) is 7.88. The van der Waals surface area contributed by atoms with Crippen LogP contribution in [0.15, 0.2) is 30.5 Å². The lowest BCUT2D eigenvalue weighted by atomic mass is 10.1. The minimum absolute atomic E-state index is 0.0548. The van der Waals surface area contributed by atoms with Crippen molar-refractivity contribution in [3.8, 4) is 0 Å². The molecule has 0 radical (unpaired) electrons. The second kappa shape index (κ2) is 9.19. The van der Waals surface area contributed by atoms with Gasteiger partial charge in [-0.2, -0.15) is 0 Å². The summed E-state index contributed by atoms with van der Waals surface area (Å²) in [6, 6.07) is 3.24. The quantitative estimate of drug-likeness (QED) is 0.701. The van der Waals surface area contributed by atoms with Crippen LogP contribution in [0.3, 0.4) is 0 Å². The van der Waals surface area contributed by atoms with Crippen LogP contribution in [-0.4, -0.2) is 32.8 Å². The number of nitrogens with two attached hydrogens (primary N) is 1. The van der Waals surface area contributed by atoms with Gasteiger partial charge in [0.25, 0.3) is 0 Å². The van der Waals surface area contributed by atoms with Crippen LogP contribution in [0, 0.1) is 5.82 Å². The highest BCUT2D eigenvalue weighted by Crippen LogP contribution is 2.27. The average molecular weight is 371 g/mol. The zero-order valence-corrected chi connectivity index (χ0v) is 14.6. The normalized spacial score (nSPS) is 12.0. The number of fused-ring (bicyclic) bond motifs is 1. The van der Waals surface area contributed by atoms with E-state index >= 15 is 0 Å². The maximum atomic E-state index is 13.5. The van der Waals surface area contributed by atoms with E-state index in [0.29, 0.717) is 18.7 Å². The van der Waals surface area contributed by atoms with Crippen molar-refractivity contribution >= 4 is 34.4 Å². The topological polar surface area (TPSA) is 106 Å². The summed E-state index contributed by atoms with van der Waals surface area (Å²) in [5.74, 6) is -2.88. The highest BCUT2D eigenvalue weighted by Gasteiger charge is 2.11. The summed E-state index contributed by atoms with van der Waals surface area (Å²) in [6.07, 6.45) is 4.01. The second-order valence-electron chi connectivity index (χ2n) is 5.43. The number of aryl methyl sites for hydroxylation is 1. The van der Waals surface area contributed by atoms with E-state index in [4.69, 9.17) is 27.5 Å². The van der Waals surface area contributed by atoms with E-state index in [2.05, 4.69) is 6.92 Å². The number of carbonyl (C=O) groups is 2. The molecule has 0 unspecified atom stereocenters. The summed E-state index contributed by atoms with van der Waals surface area (Å²) in [6.45, 7) is 4.71. The predicted molar refractivity (Wildman–Crippen MR) is 94.3 cm³/mol. The number of aliphatic carboxylic acids is 2. The predicted octanol–water partition coefficient (Wildman–Crippen LogP) is 3.06. The van der Waals surface area contributed by atoms with E-state index in [0.717, 1.165) is 22.9 Å². The zero-order chi connectivity index (χ0) is 19.1. The molecule has 2 aromatic rings. The molecule has 136 valence electrons. The molecule has 0 bridgehead atoms. The van der Waals surface area contributed by atoms with Crippen LogP contribution in [-0.2, 0) is 22.6 Å². The molecule has 1 aromatic heterocycles.